The van der Waals surface area contributed by atoms with E-state index in [1.54, 1.807) is 37.3 Å². The lowest BCUT2D eigenvalue weighted by Gasteiger charge is -2.14. The van der Waals surface area contributed by atoms with E-state index >= 15 is 0 Å². The molecule has 10 heteroatoms. The fraction of sp³-hybridized carbons (Fsp3) is 0.211. The molecule has 0 spiro atoms. The maximum Gasteiger partial charge on any atom is 0.338 e. The standard InChI is InChI=1S/C19H19N5O5/c1-4-29-19(26)12-5-7-13(8-6-12)21-18(25)14-9-16(27-2)17(28-3)10-15(14)24-11-20-22-23-24/h5-11H,4H2,1-3H3,(H,21,25). The fourth-order valence-corrected chi connectivity index (χ4v) is 2.61. The van der Waals surface area contributed by atoms with Crippen LogP contribution >= 0.6 is 0 Å². The molecular formula is C19H19N5O5. The number of aromatic nitrogens is 4. The highest BCUT2D eigenvalue weighted by atomic mass is 16.5. The Morgan fingerprint density at radius 2 is 1.76 bits per heavy atom. The van der Waals surface area contributed by atoms with Crippen molar-refractivity contribution >= 4 is 17.6 Å². The number of hydrogen-bond acceptors (Lipinski definition) is 8. The summed E-state index contributed by atoms with van der Waals surface area (Å²) >= 11 is 0. The molecule has 3 aromatic rings. The summed E-state index contributed by atoms with van der Waals surface area (Å²) in [6, 6.07) is 9.52. The van der Waals surface area contributed by atoms with Gasteiger partial charge in [0.1, 0.15) is 6.33 Å². The van der Waals surface area contributed by atoms with Crippen LogP contribution in [0.4, 0.5) is 5.69 Å². The molecule has 0 radical (unpaired) electrons. The minimum atomic E-state index is -0.425. The Morgan fingerprint density at radius 1 is 1.07 bits per heavy atom. The van der Waals surface area contributed by atoms with Crippen LogP contribution in [0, 0.1) is 0 Å². The Bertz CT molecular complexity index is 1000. The second-order valence-corrected chi connectivity index (χ2v) is 5.73. The van der Waals surface area contributed by atoms with Crippen molar-refractivity contribution in [1.82, 2.24) is 20.2 Å². The number of esters is 1. The second-order valence-electron chi connectivity index (χ2n) is 5.73. The summed E-state index contributed by atoms with van der Waals surface area (Å²) in [5, 5.41) is 13.8. The summed E-state index contributed by atoms with van der Waals surface area (Å²) in [7, 11) is 2.97. The average Bonchev–Trinajstić information content (AvgIpc) is 3.28. The van der Waals surface area contributed by atoms with Gasteiger partial charge in [-0.2, -0.15) is 4.68 Å². The van der Waals surface area contributed by atoms with Gasteiger partial charge >= 0.3 is 5.97 Å². The number of tetrazole rings is 1. The maximum atomic E-state index is 12.9. The van der Waals surface area contributed by atoms with Crippen molar-refractivity contribution in [3.8, 4) is 17.2 Å². The van der Waals surface area contributed by atoms with E-state index in [9.17, 15) is 9.59 Å². The van der Waals surface area contributed by atoms with Gasteiger partial charge in [0.2, 0.25) is 0 Å². The number of nitrogens with one attached hydrogen (secondary N) is 1. The van der Waals surface area contributed by atoms with E-state index in [0.29, 0.717) is 28.4 Å². The van der Waals surface area contributed by atoms with Crippen molar-refractivity contribution in [3.63, 3.8) is 0 Å². The zero-order valence-electron chi connectivity index (χ0n) is 16.1. The topological polar surface area (TPSA) is 117 Å². The Kier molecular flexibility index (Phi) is 6.03. The Morgan fingerprint density at radius 3 is 2.34 bits per heavy atom. The summed E-state index contributed by atoms with van der Waals surface area (Å²) in [6.45, 7) is 2.02. The summed E-state index contributed by atoms with van der Waals surface area (Å²) in [5.74, 6) is -0.0351. The van der Waals surface area contributed by atoms with Gasteiger partial charge < -0.3 is 19.5 Å². The molecule has 29 heavy (non-hydrogen) atoms. The van der Waals surface area contributed by atoms with Crippen molar-refractivity contribution in [2.24, 2.45) is 0 Å². The van der Waals surface area contributed by atoms with Crippen LogP contribution in [0.15, 0.2) is 42.7 Å². The number of ether oxygens (including phenoxy) is 3. The molecule has 0 aliphatic carbocycles. The van der Waals surface area contributed by atoms with Gasteiger partial charge in [-0.3, -0.25) is 4.79 Å². The van der Waals surface area contributed by atoms with Crippen molar-refractivity contribution < 1.29 is 23.8 Å². The summed E-state index contributed by atoms with van der Waals surface area (Å²) in [6.07, 6.45) is 1.37. The zero-order chi connectivity index (χ0) is 20.8. The number of carbonyl (C=O) groups excluding carboxylic acids is 2. The average molecular weight is 397 g/mol. The molecule has 0 atom stereocenters. The monoisotopic (exact) mass is 397 g/mol. The molecule has 0 aliphatic heterocycles. The van der Waals surface area contributed by atoms with E-state index in [-0.39, 0.29) is 12.2 Å². The molecule has 0 bridgehead atoms. The minimum absolute atomic E-state index is 0.268. The van der Waals surface area contributed by atoms with Crippen molar-refractivity contribution in [2.75, 3.05) is 26.1 Å². The molecule has 1 aromatic heterocycles. The highest BCUT2D eigenvalue weighted by molar-refractivity contribution is 6.07. The Balaban J connectivity index is 1.91. The number of benzene rings is 2. The van der Waals surface area contributed by atoms with Gasteiger partial charge in [-0.05, 0) is 47.7 Å². The van der Waals surface area contributed by atoms with Crippen molar-refractivity contribution in [3.05, 3.63) is 53.9 Å². The van der Waals surface area contributed by atoms with Gasteiger partial charge in [0.05, 0.1) is 37.6 Å². The molecule has 1 amide bonds. The quantitative estimate of drug-likeness (QED) is 0.603. The van der Waals surface area contributed by atoms with Gasteiger partial charge in [0, 0.05) is 11.8 Å². The summed E-state index contributed by atoms with van der Waals surface area (Å²) < 4.78 is 16.9. The van der Waals surface area contributed by atoms with Crippen molar-refractivity contribution in [2.45, 2.75) is 6.92 Å². The van der Waals surface area contributed by atoms with Crippen LogP contribution in [0.1, 0.15) is 27.6 Å². The molecule has 0 aliphatic rings. The van der Waals surface area contributed by atoms with Crippen molar-refractivity contribution in [1.29, 1.82) is 0 Å². The number of carbonyl (C=O) groups is 2. The van der Waals surface area contributed by atoms with Gasteiger partial charge in [0.15, 0.2) is 11.5 Å². The molecule has 2 aromatic carbocycles. The molecular weight excluding hydrogens is 378 g/mol. The smallest absolute Gasteiger partial charge is 0.338 e. The van der Waals surface area contributed by atoms with E-state index in [0.717, 1.165) is 0 Å². The van der Waals surface area contributed by atoms with Gasteiger partial charge in [0.25, 0.3) is 5.91 Å². The molecule has 0 saturated heterocycles. The third kappa shape index (κ3) is 4.32. The van der Waals surface area contributed by atoms with Crippen LogP contribution < -0.4 is 14.8 Å². The molecule has 10 nitrogen and oxygen atoms in total. The van der Waals surface area contributed by atoms with Crippen LogP contribution in [0.5, 0.6) is 11.5 Å². The van der Waals surface area contributed by atoms with E-state index in [2.05, 4.69) is 20.8 Å². The second kappa shape index (κ2) is 8.83. The van der Waals surface area contributed by atoms with Gasteiger partial charge in [-0.25, -0.2) is 4.79 Å². The molecule has 0 unspecified atom stereocenters. The maximum absolute atomic E-state index is 12.9. The van der Waals surface area contributed by atoms with Gasteiger partial charge in [-0.15, -0.1) is 5.10 Å². The first kappa shape index (κ1) is 19.8. The van der Waals surface area contributed by atoms with E-state index < -0.39 is 11.9 Å². The Labute approximate surface area is 166 Å². The number of hydrogen-bond donors (Lipinski definition) is 1. The third-order valence-corrected chi connectivity index (χ3v) is 4.00. The SMILES string of the molecule is CCOC(=O)c1ccc(NC(=O)c2cc(OC)c(OC)cc2-n2cnnn2)cc1. The van der Waals surface area contributed by atoms with E-state index in [1.165, 1.54) is 31.3 Å². The predicted molar refractivity (Wildman–Crippen MR) is 103 cm³/mol. The fourth-order valence-electron chi connectivity index (χ4n) is 2.61. The molecule has 0 saturated carbocycles. The molecule has 3 rings (SSSR count). The molecule has 1 heterocycles. The van der Waals surface area contributed by atoms with Crippen LogP contribution in [0.25, 0.3) is 5.69 Å². The lowest BCUT2D eigenvalue weighted by Crippen LogP contribution is -2.16. The predicted octanol–water partition coefficient (Wildman–Crippen LogP) is 2.11. The number of methoxy groups -OCH3 is 2. The first-order valence-electron chi connectivity index (χ1n) is 8.65. The first-order chi connectivity index (χ1) is 14.1. The summed E-state index contributed by atoms with van der Waals surface area (Å²) in [5.41, 5.74) is 1.57. The number of anilines is 1. The number of rotatable bonds is 7. The number of nitrogens with zero attached hydrogens (tertiary/aromatic N) is 4. The Hall–Kier alpha value is -3.95. The minimum Gasteiger partial charge on any atom is -0.493 e. The molecule has 0 fully saturated rings. The highest BCUT2D eigenvalue weighted by Gasteiger charge is 2.19. The van der Waals surface area contributed by atoms with Crippen LogP contribution in [-0.2, 0) is 4.74 Å². The van der Waals surface area contributed by atoms with Crippen LogP contribution in [0.3, 0.4) is 0 Å². The lowest BCUT2D eigenvalue weighted by atomic mass is 10.1. The number of amides is 1. The first-order valence-corrected chi connectivity index (χ1v) is 8.65. The zero-order valence-corrected chi connectivity index (χ0v) is 16.1. The van der Waals surface area contributed by atoms with Gasteiger partial charge in [-0.1, -0.05) is 0 Å². The third-order valence-electron chi connectivity index (χ3n) is 4.00. The molecule has 1 N–H and O–H groups in total. The molecule has 150 valence electrons. The van der Waals surface area contributed by atoms with E-state index in [4.69, 9.17) is 14.2 Å². The lowest BCUT2D eigenvalue weighted by molar-refractivity contribution is 0.0526. The van der Waals surface area contributed by atoms with Crippen LogP contribution in [0.2, 0.25) is 0 Å². The van der Waals surface area contributed by atoms with Crippen LogP contribution in [-0.4, -0.2) is 52.9 Å². The highest BCUT2D eigenvalue weighted by Crippen LogP contribution is 2.32. The summed E-state index contributed by atoms with van der Waals surface area (Å²) in [4.78, 5) is 24.7. The largest absolute Gasteiger partial charge is 0.493 e. The normalized spacial score (nSPS) is 10.3. The van der Waals surface area contributed by atoms with E-state index in [1.807, 2.05) is 0 Å².